The molecule has 100 valence electrons. The fraction of sp³-hybridized carbons (Fsp3) is 0.462. The molecule has 0 amide bonds. The fourth-order valence-corrected chi connectivity index (χ4v) is 1.82. The normalized spacial score (nSPS) is 20.4. The zero-order valence-electron chi connectivity index (χ0n) is 11.3. The Morgan fingerprint density at radius 1 is 1.05 bits per heavy atom. The van der Waals surface area contributed by atoms with E-state index in [4.69, 9.17) is 14.6 Å². The largest absolute Gasteiger partial charge is 0.496 e. The van der Waals surface area contributed by atoms with Gasteiger partial charge in [0, 0.05) is 5.46 Å². The summed E-state index contributed by atoms with van der Waals surface area (Å²) in [6.45, 7) is 7.38. The van der Waals surface area contributed by atoms with Crippen molar-refractivity contribution in [1.29, 1.82) is 5.26 Å². The molecule has 1 heterocycles. The highest BCUT2D eigenvalue weighted by Crippen LogP contribution is 2.36. The molecule has 1 saturated heterocycles. The van der Waals surface area contributed by atoms with Gasteiger partial charge < -0.3 is 9.31 Å². The lowest BCUT2D eigenvalue weighted by Gasteiger charge is -2.32. The average Bonchev–Trinajstić information content (AvgIpc) is 2.51. The first-order valence-electron chi connectivity index (χ1n) is 5.92. The first-order valence-corrected chi connectivity index (χ1v) is 5.92. The molecule has 0 atom stereocenters. The Balaban J connectivity index is 2.45. The maximum Gasteiger partial charge on any atom is 0.496 e. The topological polar surface area (TPSA) is 42.2 Å². The Morgan fingerprint density at radius 2 is 1.53 bits per heavy atom. The summed E-state index contributed by atoms with van der Waals surface area (Å²) in [7, 11) is -0.880. The van der Waals surface area contributed by atoms with Crippen LogP contribution in [0.2, 0.25) is 0 Å². The minimum atomic E-state index is -1.06. The Bertz CT molecular complexity index is 550. The molecule has 0 N–H and O–H groups in total. The van der Waals surface area contributed by atoms with Crippen LogP contribution in [0.4, 0.5) is 8.78 Å². The summed E-state index contributed by atoms with van der Waals surface area (Å²) in [5.74, 6) is -2.08. The van der Waals surface area contributed by atoms with E-state index in [2.05, 4.69) is 0 Å². The molecule has 3 nitrogen and oxygen atoms in total. The van der Waals surface area contributed by atoms with Gasteiger partial charge in [-0.25, -0.2) is 8.78 Å². The molecule has 19 heavy (non-hydrogen) atoms. The second kappa shape index (κ2) is 4.29. The highest BCUT2D eigenvalue weighted by Gasteiger charge is 2.52. The maximum absolute atomic E-state index is 13.3. The van der Waals surface area contributed by atoms with Crippen LogP contribution in [0.3, 0.4) is 0 Å². The molecule has 2 rings (SSSR count). The van der Waals surface area contributed by atoms with Crippen LogP contribution in [-0.4, -0.2) is 18.3 Å². The van der Waals surface area contributed by atoms with Gasteiger partial charge in [-0.3, -0.25) is 0 Å². The Hall–Kier alpha value is -1.45. The van der Waals surface area contributed by atoms with Gasteiger partial charge in [0.2, 0.25) is 0 Å². The third kappa shape index (κ3) is 2.24. The van der Waals surface area contributed by atoms with Crippen LogP contribution in [-0.2, 0) is 9.31 Å². The third-order valence-electron chi connectivity index (χ3n) is 3.72. The Kier molecular flexibility index (Phi) is 3.16. The number of nitriles is 1. The molecule has 6 heteroatoms. The summed E-state index contributed by atoms with van der Waals surface area (Å²) in [5.41, 5.74) is -0.984. The predicted molar refractivity (Wildman–Crippen MR) is 66.8 cm³/mol. The predicted octanol–water partition coefficient (Wildman–Crippen LogP) is 2.14. The average molecular weight is 265 g/mol. The lowest BCUT2D eigenvalue weighted by atomic mass is 9.76. The van der Waals surface area contributed by atoms with Crippen LogP contribution in [0, 0.1) is 23.0 Å². The van der Waals surface area contributed by atoms with Crippen LogP contribution in [0.15, 0.2) is 12.1 Å². The minimum Gasteiger partial charge on any atom is -0.399 e. The van der Waals surface area contributed by atoms with Gasteiger partial charge in [-0.1, -0.05) is 0 Å². The summed E-state index contributed by atoms with van der Waals surface area (Å²) >= 11 is 0. The van der Waals surface area contributed by atoms with Crippen molar-refractivity contribution < 1.29 is 18.1 Å². The van der Waals surface area contributed by atoms with E-state index in [1.807, 2.05) is 33.8 Å². The van der Waals surface area contributed by atoms with Crippen LogP contribution < -0.4 is 5.46 Å². The van der Waals surface area contributed by atoms with Gasteiger partial charge in [-0.05, 0) is 39.8 Å². The summed E-state index contributed by atoms with van der Waals surface area (Å²) in [4.78, 5) is 0. The van der Waals surface area contributed by atoms with E-state index in [-0.39, 0.29) is 11.0 Å². The Labute approximate surface area is 111 Å². The standard InChI is InChI=1S/C13H14BF2NO2/c1-12(2)13(3,4)19-14(18-12)9-6-11(16)10(15)5-8(9)7-17/h5-6H,1-4H3. The van der Waals surface area contributed by atoms with Gasteiger partial charge in [0.05, 0.1) is 22.8 Å². The molecule has 1 aromatic carbocycles. The van der Waals surface area contributed by atoms with E-state index in [0.717, 1.165) is 12.1 Å². The zero-order chi connectivity index (χ0) is 14.4. The molecular formula is C13H14BF2NO2. The molecule has 0 aliphatic carbocycles. The first-order chi connectivity index (χ1) is 8.68. The van der Waals surface area contributed by atoms with Crippen LogP contribution in [0.5, 0.6) is 0 Å². The van der Waals surface area contributed by atoms with Crippen LogP contribution in [0.1, 0.15) is 33.3 Å². The number of benzene rings is 1. The summed E-state index contributed by atoms with van der Waals surface area (Å²) in [6.07, 6.45) is 0. The SMILES string of the molecule is CC1(C)OB(c2cc(F)c(F)cc2C#N)OC1(C)C. The first kappa shape index (κ1) is 14.0. The summed E-state index contributed by atoms with van der Waals surface area (Å²) < 4.78 is 37.9. The van der Waals surface area contributed by atoms with E-state index in [9.17, 15) is 8.78 Å². The number of halogens is 2. The second-order valence-electron chi connectivity index (χ2n) is 5.55. The molecule has 1 aromatic rings. The lowest BCUT2D eigenvalue weighted by Crippen LogP contribution is -2.41. The third-order valence-corrected chi connectivity index (χ3v) is 3.72. The molecule has 1 aliphatic rings. The van der Waals surface area contributed by atoms with Crippen molar-refractivity contribution in [1.82, 2.24) is 0 Å². The van der Waals surface area contributed by atoms with Gasteiger partial charge in [-0.15, -0.1) is 0 Å². The molecule has 1 fully saturated rings. The molecule has 1 aliphatic heterocycles. The smallest absolute Gasteiger partial charge is 0.399 e. The van der Waals surface area contributed by atoms with E-state index in [0.29, 0.717) is 0 Å². The minimum absolute atomic E-state index is 0.0115. The summed E-state index contributed by atoms with van der Waals surface area (Å²) in [5, 5.41) is 9.00. The van der Waals surface area contributed by atoms with Gasteiger partial charge in [0.1, 0.15) is 0 Å². The van der Waals surface area contributed by atoms with Crippen molar-refractivity contribution in [3.05, 3.63) is 29.3 Å². The molecule has 0 aromatic heterocycles. The van der Waals surface area contributed by atoms with Gasteiger partial charge >= 0.3 is 7.12 Å². The van der Waals surface area contributed by atoms with Crippen LogP contribution in [0.25, 0.3) is 0 Å². The zero-order valence-corrected chi connectivity index (χ0v) is 11.3. The van der Waals surface area contributed by atoms with Gasteiger partial charge in [0.25, 0.3) is 0 Å². The van der Waals surface area contributed by atoms with Gasteiger partial charge in [-0.2, -0.15) is 5.26 Å². The van der Waals surface area contributed by atoms with Crippen molar-refractivity contribution in [2.45, 2.75) is 38.9 Å². The Morgan fingerprint density at radius 3 is 2.00 bits per heavy atom. The molecular weight excluding hydrogens is 251 g/mol. The van der Waals surface area contributed by atoms with E-state index >= 15 is 0 Å². The molecule has 0 unspecified atom stereocenters. The highest BCUT2D eigenvalue weighted by atomic mass is 19.2. The van der Waals surface area contributed by atoms with Crippen molar-refractivity contribution in [2.24, 2.45) is 0 Å². The van der Waals surface area contributed by atoms with Crippen molar-refractivity contribution in [3.8, 4) is 6.07 Å². The number of hydrogen-bond donors (Lipinski definition) is 0. The van der Waals surface area contributed by atoms with Crippen LogP contribution >= 0.6 is 0 Å². The quantitative estimate of drug-likeness (QED) is 0.730. The van der Waals surface area contributed by atoms with Crippen molar-refractivity contribution >= 4 is 12.6 Å². The monoisotopic (exact) mass is 265 g/mol. The molecule has 0 radical (unpaired) electrons. The lowest BCUT2D eigenvalue weighted by molar-refractivity contribution is 0.00578. The number of hydrogen-bond acceptors (Lipinski definition) is 3. The van der Waals surface area contributed by atoms with E-state index < -0.39 is 30.0 Å². The number of nitrogens with zero attached hydrogens (tertiary/aromatic N) is 1. The summed E-state index contributed by atoms with van der Waals surface area (Å²) in [6, 6.07) is 3.64. The second-order valence-corrected chi connectivity index (χ2v) is 5.55. The molecule has 0 saturated carbocycles. The number of rotatable bonds is 1. The van der Waals surface area contributed by atoms with Crippen molar-refractivity contribution in [3.63, 3.8) is 0 Å². The van der Waals surface area contributed by atoms with E-state index in [1.54, 1.807) is 0 Å². The van der Waals surface area contributed by atoms with Gasteiger partial charge in [0.15, 0.2) is 11.6 Å². The maximum atomic E-state index is 13.3. The van der Waals surface area contributed by atoms with Crippen molar-refractivity contribution in [2.75, 3.05) is 0 Å². The fourth-order valence-electron chi connectivity index (χ4n) is 1.82. The molecule has 0 spiro atoms. The van der Waals surface area contributed by atoms with E-state index in [1.165, 1.54) is 0 Å². The highest BCUT2D eigenvalue weighted by molar-refractivity contribution is 6.62. The molecule has 0 bridgehead atoms.